The molecular formula is C8H10N2O4. The summed E-state index contributed by atoms with van der Waals surface area (Å²) in [5, 5.41) is 9.18. The number of aromatic nitrogens is 2. The summed E-state index contributed by atoms with van der Waals surface area (Å²) in [6.45, 7) is 1.43. The van der Waals surface area contributed by atoms with Crippen molar-refractivity contribution in [2.24, 2.45) is 0 Å². The highest BCUT2D eigenvalue weighted by Gasteiger charge is 2.09. The first kappa shape index (κ1) is 10.2. The molecule has 0 saturated heterocycles. The van der Waals surface area contributed by atoms with E-state index in [-0.39, 0.29) is 23.7 Å². The lowest BCUT2D eigenvalue weighted by Crippen LogP contribution is -2.17. The number of carbonyl (C=O) groups is 1. The largest absolute Gasteiger partial charge is 0.493 e. The molecule has 1 aromatic rings. The summed E-state index contributed by atoms with van der Waals surface area (Å²) in [7, 11) is 1.23. The fourth-order valence-electron chi connectivity index (χ4n) is 0.859. The van der Waals surface area contributed by atoms with Gasteiger partial charge in [-0.05, 0) is 6.92 Å². The SMILES string of the molecule is COC(=O)Cc1nc(O)c(C)c(=O)[nH]1. The van der Waals surface area contributed by atoms with Crippen molar-refractivity contribution < 1.29 is 14.6 Å². The molecule has 1 aromatic heterocycles. The second kappa shape index (κ2) is 3.91. The van der Waals surface area contributed by atoms with Gasteiger partial charge in [0.1, 0.15) is 12.2 Å². The van der Waals surface area contributed by atoms with Crippen molar-refractivity contribution in [2.75, 3.05) is 7.11 Å². The van der Waals surface area contributed by atoms with Gasteiger partial charge in [0.25, 0.3) is 5.56 Å². The third-order valence-electron chi connectivity index (χ3n) is 1.71. The smallest absolute Gasteiger partial charge is 0.313 e. The third kappa shape index (κ3) is 2.09. The Balaban J connectivity index is 3.01. The minimum atomic E-state index is -0.531. The minimum Gasteiger partial charge on any atom is -0.493 e. The minimum absolute atomic E-state index is 0.0879. The van der Waals surface area contributed by atoms with Gasteiger partial charge in [0, 0.05) is 0 Å². The van der Waals surface area contributed by atoms with Crippen LogP contribution in [-0.2, 0) is 16.0 Å². The first-order chi connectivity index (χ1) is 6.54. The number of hydrogen-bond donors (Lipinski definition) is 2. The maximum Gasteiger partial charge on any atom is 0.313 e. The number of esters is 1. The summed E-state index contributed by atoms with van der Waals surface area (Å²) in [5.41, 5.74) is -0.338. The van der Waals surface area contributed by atoms with Crippen LogP contribution in [0.2, 0.25) is 0 Å². The van der Waals surface area contributed by atoms with Crippen LogP contribution >= 0.6 is 0 Å². The summed E-state index contributed by atoms with van der Waals surface area (Å²) in [6, 6.07) is 0. The first-order valence-electron chi connectivity index (χ1n) is 3.90. The number of hydrogen-bond acceptors (Lipinski definition) is 5. The van der Waals surface area contributed by atoms with Crippen LogP contribution < -0.4 is 5.56 Å². The zero-order valence-corrected chi connectivity index (χ0v) is 7.83. The molecule has 0 aliphatic heterocycles. The van der Waals surface area contributed by atoms with E-state index in [4.69, 9.17) is 0 Å². The van der Waals surface area contributed by atoms with Crippen LogP contribution in [0.15, 0.2) is 4.79 Å². The molecule has 0 saturated carbocycles. The quantitative estimate of drug-likeness (QED) is 0.625. The highest BCUT2D eigenvalue weighted by atomic mass is 16.5. The van der Waals surface area contributed by atoms with Crippen molar-refractivity contribution >= 4 is 5.97 Å². The van der Waals surface area contributed by atoms with Crippen molar-refractivity contribution in [3.8, 4) is 5.88 Å². The number of aromatic amines is 1. The molecule has 0 spiro atoms. The molecule has 0 atom stereocenters. The van der Waals surface area contributed by atoms with Gasteiger partial charge in [0.2, 0.25) is 5.88 Å². The molecule has 0 aliphatic carbocycles. The van der Waals surface area contributed by atoms with Gasteiger partial charge in [-0.1, -0.05) is 0 Å². The average Bonchev–Trinajstić information content (AvgIpc) is 2.14. The van der Waals surface area contributed by atoms with Gasteiger partial charge in [0.05, 0.1) is 12.7 Å². The molecule has 0 aliphatic rings. The Bertz CT molecular complexity index is 410. The molecule has 0 unspecified atom stereocenters. The summed E-state index contributed by atoms with van der Waals surface area (Å²) in [4.78, 5) is 27.9. The highest BCUT2D eigenvalue weighted by molar-refractivity contribution is 5.71. The number of aromatic hydroxyl groups is 1. The number of H-pyrrole nitrogens is 1. The van der Waals surface area contributed by atoms with Crippen LogP contribution in [-0.4, -0.2) is 28.2 Å². The van der Waals surface area contributed by atoms with E-state index in [0.29, 0.717) is 0 Å². The Hall–Kier alpha value is -1.85. The predicted octanol–water partition coefficient (Wildman–Crippen LogP) is -0.501. The highest BCUT2D eigenvalue weighted by Crippen LogP contribution is 2.06. The van der Waals surface area contributed by atoms with E-state index in [1.165, 1.54) is 14.0 Å². The van der Waals surface area contributed by atoms with Gasteiger partial charge in [-0.3, -0.25) is 9.59 Å². The van der Waals surface area contributed by atoms with Crippen LogP contribution in [0.1, 0.15) is 11.4 Å². The lowest BCUT2D eigenvalue weighted by molar-refractivity contribution is -0.139. The fourth-order valence-corrected chi connectivity index (χ4v) is 0.859. The van der Waals surface area contributed by atoms with E-state index in [0.717, 1.165) is 0 Å². The Kier molecular flexibility index (Phi) is 2.85. The second-order valence-electron chi connectivity index (χ2n) is 2.71. The molecule has 1 rings (SSSR count). The molecule has 6 nitrogen and oxygen atoms in total. The van der Waals surface area contributed by atoms with E-state index in [1.54, 1.807) is 0 Å². The number of ether oxygens (including phenoxy) is 1. The number of methoxy groups -OCH3 is 1. The predicted molar refractivity (Wildman–Crippen MR) is 47.0 cm³/mol. The summed E-state index contributed by atoms with van der Waals surface area (Å²) in [5.74, 6) is -0.811. The summed E-state index contributed by atoms with van der Waals surface area (Å²) >= 11 is 0. The van der Waals surface area contributed by atoms with Gasteiger partial charge >= 0.3 is 5.97 Å². The van der Waals surface area contributed by atoms with E-state index < -0.39 is 11.5 Å². The summed E-state index contributed by atoms with van der Waals surface area (Å²) in [6.07, 6.45) is -0.167. The lowest BCUT2D eigenvalue weighted by atomic mass is 10.3. The standard InChI is InChI=1S/C8H10N2O4/c1-4-7(12)9-5(10-8(4)13)3-6(11)14-2/h3H2,1-2H3,(H2,9,10,12,13). The third-order valence-corrected chi connectivity index (χ3v) is 1.71. The van der Waals surface area contributed by atoms with Crippen LogP contribution in [0.4, 0.5) is 0 Å². The number of carbonyl (C=O) groups excluding carboxylic acids is 1. The van der Waals surface area contributed by atoms with Gasteiger partial charge < -0.3 is 14.8 Å². The molecule has 0 bridgehead atoms. The zero-order valence-electron chi connectivity index (χ0n) is 7.83. The van der Waals surface area contributed by atoms with Crippen molar-refractivity contribution in [1.29, 1.82) is 0 Å². The fraction of sp³-hybridized carbons (Fsp3) is 0.375. The van der Waals surface area contributed by atoms with Crippen molar-refractivity contribution in [2.45, 2.75) is 13.3 Å². The Morgan fingerprint density at radius 3 is 2.79 bits per heavy atom. The van der Waals surface area contributed by atoms with Gasteiger partial charge in [-0.15, -0.1) is 0 Å². The maximum atomic E-state index is 11.1. The topological polar surface area (TPSA) is 92.3 Å². The number of nitrogens with one attached hydrogen (secondary N) is 1. The molecule has 1 heterocycles. The molecule has 0 aromatic carbocycles. The lowest BCUT2D eigenvalue weighted by Gasteiger charge is -2.01. The van der Waals surface area contributed by atoms with Crippen molar-refractivity contribution in [3.05, 3.63) is 21.7 Å². The molecule has 2 N–H and O–H groups in total. The maximum absolute atomic E-state index is 11.1. The van der Waals surface area contributed by atoms with E-state index in [1.807, 2.05) is 0 Å². The van der Waals surface area contributed by atoms with E-state index in [9.17, 15) is 14.7 Å². The Labute approximate surface area is 79.6 Å². The molecule has 0 amide bonds. The van der Waals surface area contributed by atoms with Gasteiger partial charge in [0.15, 0.2) is 0 Å². The first-order valence-corrected chi connectivity index (χ1v) is 3.90. The molecule has 6 heteroatoms. The normalized spacial score (nSPS) is 9.86. The van der Waals surface area contributed by atoms with E-state index in [2.05, 4.69) is 14.7 Å². The zero-order chi connectivity index (χ0) is 10.7. The molecule has 76 valence electrons. The van der Waals surface area contributed by atoms with E-state index >= 15 is 0 Å². The number of rotatable bonds is 2. The van der Waals surface area contributed by atoms with Crippen LogP contribution in [0, 0.1) is 6.92 Å². The van der Waals surface area contributed by atoms with Gasteiger partial charge in [-0.2, -0.15) is 4.98 Å². The Morgan fingerprint density at radius 1 is 1.64 bits per heavy atom. The second-order valence-corrected chi connectivity index (χ2v) is 2.71. The molecule has 0 radical (unpaired) electrons. The Morgan fingerprint density at radius 2 is 2.29 bits per heavy atom. The number of nitrogens with zero attached hydrogens (tertiary/aromatic N) is 1. The van der Waals surface area contributed by atoms with Crippen LogP contribution in [0.5, 0.6) is 5.88 Å². The summed E-state index contributed by atoms with van der Waals surface area (Å²) < 4.78 is 4.38. The molecule has 0 fully saturated rings. The molecule has 14 heavy (non-hydrogen) atoms. The van der Waals surface area contributed by atoms with Crippen LogP contribution in [0.25, 0.3) is 0 Å². The van der Waals surface area contributed by atoms with Gasteiger partial charge in [-0.25, -0.2) is 0 Å². The average molecular weight is 198 g/mol. The van der Waals surface area contributed by atoms with Crippen LogP contribution in [0.3, 0.4) is 0 Å². The van der Waals surface area contributed by atoms with Crippen molar-refractivity contribution in [1.82, 2.24) is 9.97 Å². The monoisotopic (exact) mass is 198 g/mol. The molecular weight excluding hydrogens is 188 g/mol. The van der Waals surface area contributed by atoms with Crippen molar-refractivity contribution in [3.63, 3.8) is 0 Å².